The van der Waals surface area contributed by atoms with Crippen molar-refractivity contribution in [2.75, 3.05) is 36.9 Å². The molecule has 0 saturated carbocycles. The molecule has 0 aromatic carbocycles. The van der Waals surface area contributed by atoms with Crippen LogP contribution in [0.25, 0.3) is 0 Å². The van der Waals surface area contributed by atoms with Crippen molar-refractivity contribution in [2.24, 2.45) is 5.84 Å². The van der Waals surface area contributed by atoms with E-state index in [1.54, 1.807) is 0 Å². The molecule has 0 unspecified atom stereocenters. The van der Waals surface area contributed by atoms with E-state index < -0.39 is 4.92 Å². The van der Waals surface area contributed by atoms with Crippen LogP contribution in [0.15, 0.2) is 6.33 Å². The summed E-state index contributed by atoms with van der Waals surface area (Å²) >= 11 is 0. The summed E-state index contributed by atoms with van der Waals surface area (Å²) in [6.07, 6.45) is 4.67. The van der Waals surface area contributed by atoms with Crippen LogP contribution in [0.1, 0.15) is 19.3 Å². The van der Waals surface area contributed by atoms with Gasteiger partial charge in [0.05, 0.1) is 4.92 Å². The Bertz CT molecular complexity index is 462. The number of nitrogens with one attached hydrogen (secondary N) is 2. The topological polar surface area (TPSA) is 122 Å². The molecule has 0 bridgehead atoms. The van der Waals surface area contributed by atoms with Gasteiger partial charge in [-0.2, -0.15) is 0 Å². The van der Waals surface area contributed by atoms with E-state index in [9.17, 15) is 10.1 Å². The largest absolute Gasteiger partial charge is 0.364 e. The molecule has 0 radical (unpaired) electrons. The maximum Gasteiger partial charge on any atom is 0.354 e. The number of nitro groups is 1. The van der Waals surface area contributed by atoms with Gasteiger partial charge in [0.25, 0.3) is 0 Å². The smallest absolute Gasteiger partial charge is 0.354 e. The highest BCUT2D eigenvalue weighted by molar-refractivity contribution is 5.68. The Hall–Kier alpha value is -2.00. The molecule has 2 rings (SSSR count). The molecule has 1 aliphatic heterocycles. The van der Waals surface area contributed by atoms with Crippen LogP contribution < -0.4 is 16.6 Å². The van der Waals surface area contributed by atoms with Gasteiger partial charge in [0.1, 0.15) is 6.33 Å². The first kappa shape index (κ1) is 14.4. The molecule has 1 aromatic heterocycles. The third-order valence-corrected chi connectivity index (χ3v) is 3.28. The highest BCUT2D eigenvalue weighted by atomic mass is 16.6. The fourth-order valence-corrected chi connectivity index (χ4v) is 2.30. The average molecular weight is 281 g/mol. The first-order valence-corrected chi connectivity index (χ1v) is 6.64. The molecular formula is C11H19N7O2. The fraction of sp³-hybridized carbons (Fsp3) is 0.636. The summed E-state index contributed by atoms with van der Waals surface area (Å²) in [4.78, 5) is 20.5. The lowest BCUT2D eigenvalue weighted by Gasteiger charge is -2.14. The van der Waals surface area contributed by atoms with E-state index in [4.69, 9.17) is 5.84 Å². The van der Waals surface area contributed by atoms with E-state index in [1.807, 2.05) is 0 Å². The van der Waals surface area contributed by atoms with Crippen LogP contribution >= 0.6 is 0 Å². The van der Waals surface area contributed by atoms with Gasteiger partial charge in [-0.3, -0.25) is 10.1 Å². The minimum absolute atomic E-state index is 0.00652. The number of nitrogens with zero attached hydrogens (tertiary/aromatic N) is 4. The summed E-state index contributed by atoms with van der Waals surface area (Å²) in [5, 5.41) is 14.0. The van der Waals surface area contributed by atoms with Crippen molar-refractivity contribution >= 4 is 17.3 Å². The summed E-state index contributed by atoms with van der Waals surface area (Å²) in [7, 11) is 0. The maximum atomic E-state index is 11.0. The summed E-state index contributed by atoms with van der Waals surface area (Å²) < 4.78 is 0. The van der Waals surface area contributed by atoms with Crippen molar-refractivity contribution in [1.29, 1.82) is 0 Å². The lowest BCUT2D eigenvalue weighted by molar-refractivity contribution is -0.383. The van der Waals surface area contributed by atoms with Crippen LogP contribution in [0.2, 0.25) is 0 Å². The zero-order chi connectivity index (χ0) is 14.4. The lowest BCUT2D eigenvalue weighted by Crippen LogP contribution is -2.22. The second kappa shape index (κ2) is 6.96. The lowest BCUT2D eigenvalue weighted by atomic mass is 10.3. The summed E-state index contributed by atoms with van der Waals surface area (Å²) in [5.74, 6) is 5.42. The van der Waals surface area contributed by atoms with Crippen LogP contribution in [0.4, 0.5) is 17.3 Å². The number of anilines is 2. The SMILES string of the molecule is NNc1ncnc(NCCCN2CCCC2)c1[N+](=O)[O-]. The maximum absolute atomic E-state index is 11.0. The van der Waals surface area contributed by atoms with Crippen molar-refractivity contribution in [1.82, 2.24) is 14.9 Å². The second-order valence-corrected chi connectivity index (χ2v) is 4.65. The van der Waals surface area contributed by atoms with Crippen molar-refractivity contribution in [2.45, 2.75) is 19.3 Å². The molecule has 9 heteroatoms. The zero-order valence-electron chi connectivity index (χ0n) is 11.2. The van der Waals surface area contributed by atoms with Crippen molar-refractivity contribution in [3.63, 3.8) is 0 Å². The van der Waals surface area contributed by atoms with Crippen LogP contribution in [0.5, 0.6) is 0 Å². The Morgan fingerprint density at radius 3 is 2.70 bits per heavy atom. The highest BCUT2D eigenvalue weighted by Gasteiger charge is 2.22. The van der Waals surface area contributed by atoms with Crippen LogP contribution in [-0.2, 0) is 0 Å². The Morgan fingerprint density at radius 2 is 2.05 bits per heavy atom. The third-order valence-electron chi connectivity index (χ3n) is 3.28. The molecule has 0 aliphatic carbocycles. The molecule has 0 spiro atoms. The summed E-state index contributed by atoms with van der Waals surface area (Å²) in [5.41, 5.74) is 1.99. The molecule has 0 atom stereocenters. The molecule has 1 aromatic rings. The zero-order valence-corrected chi connectivity index (χ0v) is 11.2. The predicted octanol–water partition coefficient (Wildman–Crippen LogP) is 0.568. The van der Waals surface area contributed by atoms with E-state index in [2.05, 4.69) is 25.6 Å². The summed E-state index contributed by atoms with van der Waals surface area (Å²) in [6.45, 7) is 3.91. The van der Waals surface area contributed by atoms with Crippen LogP contribution in [-0.4, -0.2) is 46.0 Å². The van der Waals surface area contributed by atoms with Crippen molar-refractivity contribution < 1.29 is 4.92 Å². The van der Waals surface area contributed by atoms with Gasteiger partial charge in [-0.05, 0) is 38.9 Å². The first-order chi connectivity index (χ1) is 9.72. The minimum Gasteiger partial charge on any atom is -0.364 e. The van der Waals surface area contributed by atoms with Crippen LogP contribution in [0, 0.1) is 10.1 Å². The number of hydrogen-bond acceptors (Lipinski definition) is 8. The van der Waals surface area contributed by atoms with Gasteiger partial charge in [-0.1, -0.05) is 0 Å². The molecule has 2 heterocycles. The third kappa shape index (κ3) is 3.52. The number of rotatable bonds is 7. The Balaban J connectivity index is 1.89. The number of aromatic nitrogens is 2. The monoisotopic (exact) mass is 281 g/mol. The van der Waals surface area contributed by atoms with E-state index in [0.29, 0.717) is 6.54 Å². The predicted molar refractivity (Wildman–Crippen MR) is 75.3 cm³/mol. The number of hydrazine groups is 1. The molecule has 0 amide bonds. The van der Waals surface area contributed by atoms with Gasteiger partial charge in [-0.25, -0.2) is 15.8 Å². The fourth-order valence-electron chi connectivity index (χ4n) is 2.30. The van der Waals surface area contributed by atoms with Crippen LogP contribution in [0.3, 0.4) is 0 Å². The van der Waals surface area contributed by atoms with Crippen molar-refractivity contribution in [3.8, 4) is 0 Å². The van der Waals surface area contributed by atoms with Gasteiger partial charge in [0.15, 0.2) is 0 Å². The Kier molecular flexibility index (Phi) is 5.02. The number of hydrogen-bond donors (Lipinski definition) is 3. The van der Waals surface area contributed by atoms with E-state index >= 15 is 0 Å². The van der Waals surface area contributed by atoms with Crippen molar-refractivity contribution in [3.05, 3.63) is 16.4 Å². The Morgan fingerprint density at radius 1 is 1.35 bits per heavy atom. The number of nitrogen functional groups attached to an aromatic ring is 1. The van der Waals surface area contributed by atoms with Gasteiger partial charge in [0.2, 0.25) is 11.6 Å². The quantitative estimate of drug-likeness (QED) is 0.287. The molecule has 110 valence electrons. The Labute approximate surface area is 116 Å². The normalized spacial score (nSPS) is 15.2. The minimum atomic E-state index is -0.544. The highest BCUT2D eigenvalue weighted by Crippen LogP contribution is 2.27. The average Bonchev–Trinajstić information content (AvgIpc) is 2.96. The summed E-state index contributed by atoms with van der Waals surface area (Å²) in [6, 6.07) is 0. The molecule has 1 aliphatic rings. The molecule has 1 fully saturated rings. The number of likely N-dealkylation sites (tertiary alicyclic amines) is 1. The molecule has 20 heavy (non-hydrogen) atoms. The molecule has 9 nitrogen and oxygen atoms in total. The van der Waals surface area contributed by atoms with Gasteiger partial charge in [-0.15, -0.1) is 0 Å². The van der Waals surface area contributed by atoms with Gasteiger partial charge in [0, 0.05) is 6.54 Å². The molecule has 1 saturated heterocycles. The van der Waals surface area contributed by atoms with E-state index in [0.717, 1.165) is 26.1 Å². The number of nitrogens with two attached hydrogens (primary N) is 1. The standard InChI is InChI=1S/C11H19N7O2/c12-16-11-9(18(19)20)10(14-8-15-11)13-4-3-7-17-5-1-2-6-17/h8H,1-7,12H2,(H2,13,14,15,16). The van der Waals surface area contributed by atoms with E-state index in [-0.39, 0.29) is 17.3 Å². The first-order valence-electron chi connectivity index (χ1n) is 6.64. The van der Waals surface area contributed by atoms with Gasteiger partial charge >= 0.3 is 5.69 Å². The second-order valence-electron chi connectivity index (χ2n) is 4.65. The van der Waals surface area contributed by atoms with Gasteiger partial charge < -0.3 is 15.6 Å². The molecule has 4 N–H and O–H groups in total. The molecular weight excluding hydrogens is 262 g/mol. The van der Waals surface area contributed by atoms with E-state index in [1.165, 1.54) is 19.2 Å².